The van der Waals surface area contributed by atoms with Gasteiger partial charge in [-0.15, -0.1) is 0 Å². The number of methoxy groups -OCH3 is 1. The molecule has 0 atom stereocenters. The Hall–Kier alpha value is -0.890. The molecule has 0 saturated carbocycles. The lowest BCUT2D eigenvalue weighted by Crippen LogP contribution is -2.09. The van der Waals surface area contributed by atoms with Crippen molar-refractivity contribution in [1.82, 2.24) is 0 Å². The molecule has 0 fully saturated rings. The second kappa shape index (κ2) is 9.09. The summed E-state index contributed by atoms with van der Waals surface area (Å²) in [6.45, 7) is 2.89. The van der Waals surface area contributed by atoms with Gasteiger partial charge in [-0.25, -0.2) is 0 Å². The highest BCUT2D eigenvalue weighted by atomic mass is 16.5. The average molecular weight is 250 g/mol. The van der Waals surface area contributed by atoms with E-state index < -0.39 is 0 Å². The summed E-state index contributed by atoms with van der Waals surface area (Å²) in [5.74, 6) is 0.327. The second-order valence-corrected chi connectivity index (χ2v) is 4.90. The largest absolute Gasteiger partial charge is 0.384 e. The molecule has 0 aromatic heterocycles. The minimum Gasteiger partial charge on any atom is -0.384 e. The van der Waals surface area contributed by atoms with E-state index >= 15 is 0 Å². The Morgan fingerprint density at radius 2 is 2.00 bits per heavy atom. The number of carbonyl (C=O) groups excluding carboxylic acids is 1. The summed E-state index contributed by atoms with van der Waals surface area (Å²) in [7, 11) is 1.71. The van der Waals surface area contributed by atoms with Gasteiger partial charge in [-0.1, -0.05) is 38.3 Å². The van der Waals surface area contributed by atoms with Crippen molar-refractivity contribution in [3.8, 4) is 0 Å². The molecule has 0 spiro atoms. The minimum atomic E-state index is 0.327. The van der Waals surface area contributed by atoms with Crippen molar-refractivity contribution in [2.24, 2.45) is 0 Å². The fourth-order valence-electron chi connectivity index (χ4n) is 2.31. The molecule has 0 unspecified atom stereocenters. The standard InChI is InChI=1S/C16H26O2/c1-3-4-5-6-11-16(17)15-10-8-7-9-14(15)12-13-18-2/h9-10H,3-8,11-13H2,1-2H3. The van der Waals surface area contributed by atoms with Crippen molar-refractivity contribution in [3.05, 3.63) is 23.3 Å². The SMILES string of the molecule is CCCCCCC(=O)C1=CCCC=C1CCOC. The van der Waals surface area contributed by atoms with E-state index in [0.29, 0.717) is 18.8 Å². The molecular weight excluding hydrogens is 224 g/mol. The zero-order valence-electron chi connectivity index (χ0n) is 11.8. The molecule has 0 saturated heterocycles. The number of ketones is 1. The Bertz CT molecular complexity index is 313. The first-order chi connectivity index (χ1) is 8.79. The molecule has 1 aliphatic rings. The summed E-state index contributed by atoms with van der Waals surface area (Å²) in [5.41, 5.74) is 2.17. The Labute approximate surface area is 111 Å². The topological polar surface area (TPSA) is 26.3 Å². The molecule has 2 heteroatoms. The fraction of sp³-hybridized carbons (Fsp3) is 0.688. The van der Waals surface area contributed by atoms with Crippen LogP contribution in [0.15, 0.2) is 23.3 Å². The maximum absolute atomic E-state index is 12.2. The number of hydrogen-bond donors (Lipinski definition) is 0. The first kappa shape index (κ1) is 15.2. The molecule has 0 amide bonds. The van der Waals surface area contributed by atoms with Gasteiger partial charge in [0.25, 0.3) is 0 Å². The Morgan fingerprint density at radius 1 is 1.22 bits per heavy atom. The van der Waals surface area contributed by atoms with Gasteiger partial charge in [0, 0.05) is 19.1 Å². The third-order valence-corrected chi connectivity index (χ3v) is 3.39. The predicted octanol–water partition coefficient (Wildman–Crippen LogP) is 4.21. The third-order valence-electron chi connectivity index (χ3n) is 3.39. The van der Waals surface area contributed by atoms with Crippen molar-refractivity contribution in [2.45, 2.75) is 58.3 Å². The summed E-state index contributed by atoms with van der Waals surface area (Å²) in [5, 5.41) is 0. The Balaban J connectivity index is 2.43. The van der Waals surface area contributed by atoms with Crippen LogP contribution in [0.1, 0.15) is 58.3 Å². The van der Waals surface area contributed by atoms with Gasteiger partial charge in [-0.2, -0.15) is 0 Å². The number of hydrogen-bond acceptors (Lipinski definition) is 2. The number of ether oxygens (including phenoxy) is 1. The van der Waals surface area contributed by atoms with Gasteiger partial charge in [-0.3, -0.25) is 4.79 Å². The average Bonchev–Trinajstić information content (AvgIpc) is 2.41. The van der Waals surface area contributed by atoms with Crippen LogP contribution >= 0.6 is 0 Å². The molecule has 0 heterocycles. The quantitative estimate of drug-likeness (QED) is 0.573. The zero-order chi connectivity index (χ0) is 13.2. The summed E-state index contributed by atoms with van der Waals surface area (Å²) in [4.78, 5) is 12.2. The van der Waals surface area contributed by atoms with E-state index in [1.165, 1.54) is 24.8 Å². The van der Waals surface area contributed by atoms with E-state index in [1.807, 2.05) is 0 Å². The number of carbonyl (C=O) groups is 1. The maximum Gasteiger partial charge on any atom is 0.162 e. The van der Waals surface area contributed by atoms with Crippen LogP contribution in [-0.4, -0.2) is 19.5 Å². The van der Waals surface area contributed by atoms with Crippen molar-refractivity contribution < 1.29 is 9.53 Å². The smallest absolute Gasteiger partial charge is 0.162 e. The second-order valence-electron chi connectivity index (χ2n) is 4.90. The molecule has 0 aliphatic heterocycles. The van der Waals surface area contributed by atoms with Crippen molar-refractivity contribution in [1.29, 1.82) is 0 Å². The van der Waals surface area contributed by atoms with Crippen molar-refractivity contribution >= 4 is 5.78 Å². The lowest BCUT2D eigenvalue weighted by molar-refractivity contribution is -0.115. The van der Waals surface area contributed by atoms with E-state index in [2.05, 4.69) is 19.1 Å². The lowest BCUT2D eigenvalue weighted by atomic mass is 9.90. The summed E-state index contributed by atoms with van der Waals surface area (Å²) >= 11 is 0. The van der Waals surface area contributed by atoms with E-state index in [0.717, 1.165) is 31.3 Å². The fourth-order valence-corrected chi connectivity index (χ4v) is 2.31. The van der Waals surface area contributed by atoms with E-state index in [-0.39, 0.29) is 0 Å². The molecule has 102 valence electrons. The first-order valence-electron chi connectivity index (χ1n) is 7.21. The molecule has 0 aromatic rings. The van der Waals surface area contributed by atoms with E-state index in [9.17, 15) is 4.79 Å². The van der Waals surface area contributed by atoms with E-state index in [1.54, 1.807) is 7.11 Å². The highest BCUT2D eigenvalue weighted by molar-refractivity contribution is 5.99. The van der Waals surface area contributed by atoms with Crippen LogP contribution in [0.5, 0.6) is 0 Å². The number of Topliss-reactive ketones (excluding diaryl/α,β-unsaturated/α-hetero) is 1. The van der Waals surface area contributed by atoms with Gasteiger partial charge in [0.1, 0.15) is 0 Å². The molecule has 0 radical (unpaired) electrons. The molecule has 18 heavy (non-hydrogen) atoms. The molecule has 2 nitrogen and oxygen atoms in total. The van der Waals surface area contributed by atoms with E-state index in [4.69, 9.17) is 4.74 Å². The molecule has 0 bridgehead atoms. The zero-order valence-corrected chi connectivity index (χ0v) is 11.8. The summed E-state index contributed by atoms with van der Waals surface area (Å²) < 4.78 is 5.11. The molecule has 1 rings (SSSR count). The van der Waals surface area contributed by atoms with Crippen LogP contribution in [0.4, 0.5) is 0 Å². The highest BCUT2D eigenvalue weighted by Gasteiger charge is 2.15. The van der Waals surface area contributed by atoms with Crippen molar-refractivity contribution in [3.63, 3.8) is 0 Å². The number of unbranched alkanes of at least 4 members (excludes halogenated alkanes) is 3. The van der Waals surface area contributed by atoms with Gasteiger partial charge in [-0.05, 0) is 31.3 Å². The minimum absolute atomic E-state index is 0.327. The lowest BCUT2D eigenvalue weighted by Gasteiger charge is -2.15. The van der Waals surface area contributed by atoms with Gasteiger partial charge < -0.3 is 4.74 Å². The Kier molecular flexibility index (Phi) is 7.66. The molecule has 0 aromatic carbocycles. The number of rotatable bonds is 9. The first-order valence-corrected chi connectivity index (χ1v) is 7.21. The monoisotopic (exact) mass is 250 g/mol. The molecule has 0 N–H and O–H groups in total. The van der Waals surface area contributed by atoms with Crippen LogP contribution in [0.25, 0.3) is 0 Å². The van der Waals surface area contributed by atoms with Gasteiger partial charge in [0.05, 0.1) is 6.61 Å². The normalized spacial score (nSPS) is 15.2. The van der Waals surface area contributed by atoms with Crippen molar-refractivity contribution in [2.75, 3.05) is 13.7 Å². The predicted molar refractivity (Wildman–Crippen MR) is 75.7 cm³/mol. The van der Waals surface area contributed by atoms with Gasteiger partial charge >= 0.3 is 0 Å². The summed E-state index contributed by atoms with van der Waals surface area (Å²) in [6, 6.07) is 0. The maximum atomic E-state index is 12.2. The highest BCUT2D eigenvalue weighted by Crippen LogP contribution is 2.24. The van der Waals surface area contributed by atoms with Crippen LogP contribution < -0.4 is 0 Å². The molecule has 1 aliphatic carbocycles. The van der Waals surface area contributed by atoms with Crippen LogP contribution in [0, 0.1) is 0 Å². The van der Waals surface area contributed by atoms with Gasteiger partial charge in [0.2, 0.25) is 0 Å². The van der Waals surface area contributed by atoms with Crippen LogP contribution in [0.3, 0.4) is 0 Å². The third kappa shape index (κ3) is 5.18. The summed E-state index contributed by atoms with van der Waals surface area (Å²) in [6.07, 6.45) is 12.6. The van der Waals surface area contributed by atoms with Gasteiger partial charge in [0.15, 0.2) is 5.78 Å². The molecular formula is C16H26O2. The Morgan fingerprint density at radius 3 is 2.72 bits per heavy atom. The number of allylic oxidation sites excluding steroid dienone is 3. The van der Waals surface area contributed by atoms with Crippen LogP contribution in [-0.2, 0) is 9.53 Å². The van der Waals surface area contributed by atoms with Crippen LogP contribution in [0.2, 0.25) is 0 Å².